The van der Waals surface area contributed by atoms with E-state index < -0.39 is 50.4 Å². The number of allylic oxidation sites excluding steroid dienone is 12. The van der Waals surface area contributed by atoms with Crippen molar-refractivity contribution in [2.75, 3.05) is 12.7 Å². The second kappa shape index (κ2) is 24.3. The molecule has 0 aliphatic carbocycles. The Morgan fingerprint density at radius 3 is 2.16 bits per heavy atom. The number of aliphatic hydroxyl groups excluding tert-OH is 2. The van der Waals surface area contributed by atoms with Gasteiger partial charge in [0.2, 0.25) is 5.91 Å². The van der Waals surface area contributed by atoms with Crippen molar-refractivity contribution in [2.24, 2.45) is 20.7 Å². The molecule has 1 fully saturated rings. The van der Waals surface area contributed by atoms with E-state index in [1.165, 1.54) is 12.7 Å². The number of ether oxygens (including phenoxy) is 1. The Labute approximate surface area is 331 Å². The summed E-state index contributed by atoms with van der Waals surface area (Å²) in [5.74, 6) is 0.524. The molecule has 0 radical (unpaired) electrons. The molecule has 1 saturated heterocycles. The van der Waals surface area contributed by atoms with Crippen molar-refractivity contribution in [3.63, 3.8) is 0 Å². The number of amidine groups is 1. The molecule has 56 heavy (non-hydrogen) atoms. The van der Waals surface area contributed by atoms with Gasteiger partial charge in [0.15, 0.2) is 12.4 Å². The Kier molecular flexibility index (Phi) is 19.2. The van der Waals surface area contributed by atoms with Crippen LogP contribution in [0.2, 0.25) is 0 Å². The Morgan fingerprint density at radius 2 is 1.54 bits per heavy atom. The van der Waals surface area contributed by atoms with Crippen molar-refractivity contribution < 1.29 is 33.4 Å². The monoisotopic (exact) mass is 790 g/mol. The number of aliphatic hydroxyl groups is 2. The normalized spacial score (nSPS) is 25.4. The van der Waals surface area contributed by atoms with Gasteiger partial charge in [0.05, 0.1) is 18.6 Å². The molecule has 14 heteroatoms. The Hall–Kier alpha value is -4.39. The summed E-state index contributed by atoms with van der Waals surface area (Å²) < 4.78 is 32.2. The van der Waals surface area contributed by atoms with E-state index in [-0.39, 0.29) is 24.4 Å². The van der Waals surface area contributed by atoms with Crippen LogP contribution in [0.25, 0.3) is 0 Å². The maximum atomic E-state index is 14.1. The molecule has 0 bridgehead atoms. The molecule has 4 unspecified atom stereocenters. The number of nitrogens with two attached hydrogens (primary N) is 1. The molecule has 1 aromatic rings. The van der Waals surface area contributed by atoms with Gasteiger partial charge in [-0.3, -0.25) is 14.3 Å². The van der Waals surface area contributed by atoms with Crippen molar-refractivity contribution in [3.05, 3.63) is 103 Å². The number of hydrogen-bond donors (Lipinski definition) is 4. The molecule has 5 N–H and O–H groups in total. The summed E-state index contributed by atoms with van der Waals surface area (Å²) in [5.41, 5.74) is 5.96. The SMILES string of the molecule is CC/C=C\C/C=C\C/C=C\C/C=C\C/C=C\C/C=C\CCC(=O)NCCCP(=O)(Oc1ccccc1)OC(C)[C@H]1O[C@@H](N2C=NC3C(N)=NC=NC32)[C@H](O)[C@@H]1O. The lowest BCUT2D eigenvalue weighted by atomic mass is 10.1. The van der Waals surface area contributed by atoms with E-state index in [0.29, 0.717) is 25.0 Å². The summed E-state index contributed by atoms with van der Waals surface area (Å²) in [7, 11) is -3.84. The van der Waals surface area contributed by atoms with Gasteiger partial charge in [-0.2, -0.15) is 0 Å². The third kappa shape index (κ3) is 14.6. The summed E-state index contributed by atoms with van der Waals surface area (Å²) in [6.45, 7) is 4.02. The molecular weight excluding hydrogens is 731 g/mol. The zero-order valence-corrected chi connectivity index (χ0v) is 33.4. The van der Waals surface area contributed by atoms with Crippen molar-refractivity contribution in [3.8, 4) is 5.75 Å². The Balaban J connectivity index is 1.14. The molecule has 3 aliphatic heterocycles. The topological polar surface area (TPSA) is 181 Å². The second-order valence-electron chi connectivity index (χ2n) is 13.6. The van der Waals surface area contributed by atoms with Crippen LogP contribution in [0.4, 0.5) is 0 Å². The lowest BCUT2D eigenvalue weighted by Gasteiger charge is -2.32. The smallest absolute Gasteiger partial charge is 0.379 e. The minimum atomic E-state index is -3.84. The molecule has 3 aliphatic rings. The lowest BCUT2D eigenvalue weighted by molar-refractivity contribution is -0.121. The van der Waals surface area contributed by atoms with Gasteiger partial charge in [-0.1, -0.05) is 98.0 Å². The first kappa shape index (κ1) is 44.3. The van der Waals surface area contributed by atoms with E-state index in [9.17, 15) is 19.6 Å². The van der Waals surface area contributed by atoms with E-state index in [4.69, 9.17) is 19.5 Å². The largest absolute Gasteiger partial charge is 0.424 e. The molecule has 0 spiro atoms. The molecule has 8 atom stereocenters. The average Bonchev–Trinajstić information content (AvgIpc) is 3.75. The van der Waals surface area contributed by atoms with Gasteiger partial charge in [0.1, 0.15) is 42.3 Å². The summed E-state index contributed by atoms with van der Waals surface area (Å²) in [4.78, 5) is 26.7. The van der Waals surface area contributed by atoms with Gasteiger partial charge < -0.3 is 35.4 Å². The van der Waals surface area contributed by atoms with Crippen LogP contribution in [0.1, 0.15) is 71.6 Å². The molecule has 1 amide bonds. The van der Waals surface area contributed by atoms with Crippen LogP contribution in [-0.4, -0.2) is 95.1 Å². The Morgan fingerprint density at radius 1 is 0.929 bits per heavy atom. The van der Waals surface area contributed by atoms with Gasteiger partial charge in [-0.15, -0.1) is 0 Å². The standard InChI is InChI=1S/C42H59N6O7P/c1-3-4-5-6-7-8-9-10-11-12-13-14-15-16-17-18-19-20-24-28-35(49)44-29-25-30-56(52,55-34-26-22-21-23-27-34)54-33(2)39-37(50)38(51)42(53-39)48-32-47-36-40(43)45-31-46-41(36)48/h4-5,7-8,10-11,13-14,16-17,19-23,26-27,31-33,36-39,41-42,50-51H,3,6,9,12,15,18,24-25,28-30H2,1-2H3,(H,44,49)(H2,43,45,46)/b5-4-,8-7-,11-10-,14-13-,17-16-,20-19-/t33?,36?,37-,38+,39+,41?,42+,56?/m0/s1. The highest BCUT2D eigenvalue weighted by molar-refractivity contribution is 7.54. The maximum absolute atomic E-state index is 14.1. The van der Waals surface area contributed by atoms with Gasteiger partial charge in [0, 0.05) is 13.0 Å². The van der Waals surface area contributed by atoms with Crippen LogP contribution < -0.4 is 15.6 Å². The van der Waals surface area contributed by atoms with Crippen LogP contribution in [0, 0.1) is 0 Å². The van der Waals surface area contributed by atoms with Crippen molar-refractivity contribution in [1.29, 1.82) is 0 Å². The number of fused-ring (bicyclic) bond motifs is 1. The molecule has 1 aromatic carbocycles. The molecule has 3 heterocycles. The van der Waals surface area contributed by atoms with Crippen LogP contribution in [0.5, 0.6) is 5.75 Å². The zero-order chi connectivity index (χ0) is 40.0. The van der Waals surface area contributed by atoms with Crippen LogP contribution in [0.3, 0.4) is 0 Å². The minimum absolute atomic E-state index is 0.00960. The first-order valence-corrected chi connectivity index (χ1v) is 21.3. The number of carbonyl (C=O) groups excluding carboxylic acids is 1. The fourth-order valence-electron chi connectivity index (χ4n) is 6.14. The van der Waals surface area contributed by atoms with E-state index in [1.807, 2.05) is 18.2 Å². The van der Waals surface area contributed by atoms with Crippen molar-refractivity contribution in [1.82, 2.24) is 10.2 Å². The van der Waals surface area contributed by atoms with Crippen LogP contribution in [-0.2, 0) is 18.6 Å². The number of rotatable bonds is 24. The van der Waals surface area contributed by atoms with Crippen LogP contribution in [0.15, 0.2) is 118 Å². The van der Waals surface area contributed by atoms with Gasteiger partial charge >= 0.3 is 7.60 Å². The number of nitrogens with zero attached hydrogens (tertiary/aromatic N) is 4. The van der Waals surface area contributed by atoms with Gasteiger partial charge in [0.25, 0.3) is 0 Å². The highest BCUT2D eigenvalue weighted by atomic mass is 31.2. The molecule has 13 nitrogen and oxygen atoms in total. The number of carbonyl (C=O) groups is 1. The zero-order valence-electron chi connectivity index (χ0n) is 32.5. The highest BCUT2D eigenvalue weighted by Gasteiger charge is 2.52. The highest BCUT2D eigenvalue weighted by Crippen LogP contribution is 2.51. The number of amides is 1. The second-order valence-corrected chi connectivity index (χ2v) is 15.6. The fourth-order valence-corrected chi connectivity index (χ4v) is 8.00. The van der Waals surface area contributed by atoms with E-state index >= 15 is 0 Å². The van der Waals surface area contributed by atoms with E-state index in [0.717, 1.165) is 38.5 Å². The lowest BCUT2D eigenvalue weighted by Crippen LogP contribution is -2.51. The molecule has 4 rings (SSSR count). The predicted octanol–water partition coefficient (Wildman–Crippen LogP) is 6.53. The predicted molar refractivity (Wildman–Crippen MR) is 224 cm³/mol. The summed E-state index contributed by atoms with van der Waals surface area (Å²) in [6, 6.07) is 8.12. The molecule has 0 saturated carbocycles. The first-order valence-electron chi connectivity index (χ1n) is 19.6. The third-order valence-corrected chi connectivity index (χ3v) is 11.1. The van der Waals surface area contributed by atoms with Crippen molar-refractivity contribution >= 4 is 32.0 Å². The number of para-hydroxylation sites is 1. The summed E-state index contributed by atoms with van der Waals surface area (Å²) in [6.07, 6.45) is 29.2. The van der Waals surface area contributed by atoms with Crippen LogP contribution >= 0.6 is 7.60 Å². The number of hydrogen-bond acceptors (Lipinski definition) is 12. The molecule has 0 aromatic heterocycles. The van der Waals surface area contributed by atoms with E-state index in [2.05, 4.69) is 88.0 Å². The van der Waals surface area contributed by atoms with Crippen molar-refractivity contribution in [2.45, 2.75) is 114 Å². The fraction of sp³-hybridized carbons (Fsp3) is 0.476. The Bertz CT molecular complexity index is 1670. The summed E-state index contributed by atoms with van der Waals surface area (Å²) in [5, 5.41) is 24.8. The number of nitrogens with one attached hydrogen (secondary N) is 1. The van der Waals surface area contributed by atoms with Gasteiger partial charge in [-0.05, 0) is 70.4 Å². The first-order chi connectivity index (χ1) is 27.2. The third-order valence-electron chi connectivity index (χ3n) is 9.09. The number of benzene rings is 1. The minimum Gasteiger partial charge on any atom is -0.424 e. The molecular formula is C42H59N6O7P. The van der Waals surface area contributed by atoms with E-state index in [1.54, 1.807) is 36.1 Å². The summed E-state index contributed by atoms with van der Waals surface area (Å²) >= 11 is 0. The quantitative estimate of drug-likeness (QED) is 0.0514. The maximum Gasteiger partial charge on any atom is 0.379 e. The van der Waals surface area contributed by atoms with Gasteiger partial charge in [-0.25, -0.2) is 14.5 Å². The molecule has 304 valence electrons. The average molecular weight is 791 g/mol. The number of aliphatic imine (C=N–C) groups is 3.